The summed E-state index contributed by atoms with van der Waals surface area (Å²) in [6.07, 6.45) is 0. The number of fused-ring (bicyclic) bond motifs is 1. The van der Waals surface area contributed by atoms with E-state index in [-0.39, 0.29) is 0 Å². The average molecular weight is 372 g/mol. The number of rotatable bonds is 2. The van der Waals surface area contributed by atoms with Gasteiger partial charge in [0.1, 0.15) is 5.82 Å². The number of benzene rings is 2. The molecule has 0 aliphatic carbocycles. The van der Waals surface area contributed by atoms with Gasteiger partial charge in [-0.15, -0.1) is 0 Å². The molecular formula is C20H19Cl2N3. The smallest absolute Gasteiger partial charge is 0.129 e. The Morgan fingerprint density at radius 3 is 2.32 bits per heavy atom. The van der Waals surface area contributed by atoms with Gasteiger partial charge in [-0.1, -0.05) is 35.3 Å². The highest BCUT2D eigenvalue weighted by Crippen LogP contribution is 2.27. The number of piperazine rings is 1. The van der Waals surface area contributed by atoms with Crippen LogP contribution in [0.25, 0.3) is 10.9 Å². The Morgan fingerprint density at radius 2 is 1.56 bits per heavy atom. The third-order valence-corrected chi connectivity index (χ3v) is 5.21. The van der Waals surface area contributed by atoms with Gasteiger partial charge in [-0.2, -0.15) is 0 Å². The largest absolute Gasteiger partial charge is 0.368 e. The number of pyridine rings is 1. The number of halogens is 2. The van der Waals surface area contributed by atoms with Gasteiger partial charge in [0.15, 0.2) is 0 Å². The van der Waals surface area contributed by atoms with Crippen molar-refractivity contribution < 1.29 is 0 Å². The summed E-state index contributed by atoms with van der Waals surface area (Å²) in [6, 6.07) is 16.1. The quantitative estimate of drug-likeness (QED) is 0.618. The minimum atomic E-state index is 0.724. The summed E-state index contributed by atoms with van der Waals surface area (Å²) < 4.78 is 0. The van der Waals surface area contributed by atoms with Crippen LogP contribution < -0.4 is 9.80 Å². The Kier molecular flexibility index (Phi) is 4.45. The summed E-state index contributed by atoms with van der Waals surface area (Å²) in [7, 11) is 0. The van der Waals surface area contributed by atoms with E-state index in [9.17, 15) is 0 Å². The highest BCUT2D eigenvalue weighted by molar-refractivity contribution is 6.31. The van der Waals surface area contributed by atoms with Crippen molar-refractivity contribution in [2.75, 3.05) is 36.0 Å². The Morgan fingerprint density at radius 1 is 0.840 bits per heavy atom. The Bertz CT molecular complexity index is 918. The number of hydrogen-bond acceptors (Lipinski definition) is 3. The zero-order valence-electron chi connectivity index (χ0n) is 14.0. The van der Waals surface area contributed by atoms with Crippen molar-refractivity contribution in [1.82, 2.24) is 4.98 Å². The van der Waals surface area contributed by atoms with E-state index < -0.39 is 0 Å². The number of nitrogens with zero attached hydrogens (tertiary/aromatic N) is 3. The molecule has 0 spiro atoms. The second kappa shape index (κ2) is 6.74. The molecule has 1 aromatic heterocycles. The minimum Gasteiger partial charge on any atom is -0.368 e. The zero-order valence-corrected chi connectivity index (χ0v) is 15.6. The summed E-state index contributed by atoms with van der Waals surface area (Å²) in [5, 5.41) is 2.66. The van der Waals surface area contributed by atoms with Crippen LogP contribution in [-0.4, -0.2) is 31.2 Å². The molecule has 0 N–H and O–H groups in total. The van der Waals surface area contributed by atoms with E-state index in [1.165, 1.54) is 11.3 Å². The second-order valence-electron chi connectivity index (χ2n) is 6.41. The first-order chi connectivity index (χ1) is 12.1. The van der Waals surface area contributed by atoms with E-state index >= 15 is 0 Å². The van der Waals surface area contributed by atoms with Crippen molar-refractivity contribution in [2.45, 2.75) is 6.92 Å². The molecule has 4 rings (SSSR count). The monoisotopic (exact) mass is 371 g/mol. The van der Waals surface area contributed by atoms with Crippen molar-refractivity contribution in [3.05, 3.63) is 64.1 Å². The lowest BCUT2D eigenvalue weighted by Crippen LogP contribution is -2.46. The minimum absolute atomic E-state index is 0.724. The zero-order chi connectivity index (χ0) is 17.4. The summed E-state index contributed by atoms with van der Waals surface area (Å²) in [5.74, 6) is 1.03. The van der Waals surface area contributed by atoms with Gasteiger partial charge in [0.25, 0.3) is 0 Å². The third-order valence-electron chi connectivity index (χ3n) is 4.74. The SMILES string of the molecule is Cc1cc(N2CCN(c3cccc(Cl)c3)CC2)nc2cc(Cl)ccc12. The summed E-state index contributed by atoms with van der Waals surface area (Å²) in [6.45, 7) is 5.91. The molecule has 2 aromatic carbocycles. The van der Waals surface area contributed by atoms with Gasteiger partial charge in [-0.05, 0) is 48.9 Å². The van der Waals surface area contributed by atoms with E-state index in [0.717, 1.165) is 52.9 Å². The van der Waals surface area contributed by atoms with Crippen LogP contribution in [0.1, 0.15) is 5.56 Å². The molecule has 3 aromatic rings. The number of aryl methyl sites for hydroxylation is 1. The normalized spacial score (nSPS) is 15.0. The molecule has 1 saturated heterocycles. The molecule has 25 heavy (non-hydrogen) atoms. The van der Waals surface area contributed by atoms with Crippen LogP contribution in [0.4, 0.5) is 11.5 Å². The molecule has 0 bridgehead atoms. The predicted molar refractivity (Wildman–Crippen MR) is 107 cm³/mol. The molecule has 2 heterocycles. The van der Waals surface area contributed by atoms with Gasteiger partial charge in [-0.3, -0.25) is 0 Å². The van der Waals surface area contributed by atoms with E-state index in [0.29, 0.717) is 0 Å². The standard InChI is InChI=1S/C20H19Cl2N3/c1-14-11-20(23-19-13-16(22)5-6-18(14)19)25-9-7-24(8-10-25)17-4-2-3-15(21)12-17/h2-6,11-13H,7-10H2,1H3. The van der Waals surface area contributed by atoms with Crippen molar-refractivity contribution in [1.29, 1.82) is 0 Å². The van der Waals surface area contributed by atoms with Crippen molar-refractivity contribution in [3.63, 3.8) is 0 Å². The lowest BCUT2D eigenvalue weighted by atomic mass is 10.1. The van der Waals surface area contributed by atoms with Gasteiger partial charge in [-0.25, -0.2) is 4.98 Å². The van der Waals surface area contributed by atoms with Crippen LogP contribution in [0.15, 0.2) is 48.5 Å². The third kappa shape index (κ3) is 3.39. The van der Waals surface area contributed by atoms with Crippen LogP contribution in [-0.2, 0) is 0 Å². The van der Waals surface area contributed by atoms with E-state index in [2.05, 4.69) is 28.9 Å². The van der Waals surface area contributed by atoms with Crippen LogP contribution in [0.5, 0.6) is 0 Å². The molecule has 0 saturated carbocycles. The fraction of sp³-hybridized carbons (Fsp3) is 0.250. The molecule has 5 heteroatoms. The molecule has 0 radical (unpaired) electrons. The first kappa shape index (κ1) is 16.5. The number of anilines is 2. The van der Waals surface area contributed by atoms with Crippen molar-refractivity contribution >= 4 is 45.6 Å². The van der Waals surface area contributed by atoms with Crippen LogP contribution in [0.2, 0.25) is 10.0 Å². The molecule has 1 aliphatic heterocycles. The predicted octanol–water partition coefficient (Wildman–Crippen LogP) is 5.18. The lowest BCUT2D eigenvalue weighted by molar-refractivity contribution is 0.648. The first-order valence-electron chi connectivity index (χ1n) is 8.42. The fourth-order valence-electron chi connectivity index (χ4n) is 3.39. The summed E-state index contributed by atoms with van der Waals surface area (Å²) >= 11 is 12.3. The first-order valence-corrected chi connectivity index (χ1v) is 9.18. The van der Waals surface area contributed by atoms with Crippen LogP contribution in [0, 0.1) is 6.92 Å². The number of hydrogen-bond donors (Lipinski definition) is 0. The van der Waals surface area contributed by atoms with E-state index in [1.807, 2.05) is 36.4 Å². The molecule has 0 amide bonds. The molecule has 0 unspecified atom stereocenters. The topological polar surface area (TPSA) is 19.4 Å². The highest BCUT2D eigenvalue weighted by Gasteiger charge is 2.19. The maximum absolute atomic E-state index is 6.14. The van der Waals surface area contributed by atoms with Crippen molar-refractivity contribution in [2.24, 2.45) is 0 Å². The average Bonchev–Trinajstić information content (AvgIpc) is 2.61. The second-order valence-corrected chi connectivity index (χ2v) is 7.29. The van der Waals surface area contributed by atoms with E-state index in [4.69, 9.17) is 28.2 Å². The van der Waals surface area contributed by atoms with Crippen LogP contribution >= 0.6 is 23.2 Å². The van der Waals surface area contributed by atoms with Gasteiger partial charge >= 0.3 is 0 Å². The lowest BCUT2D eigenvalue weighted by Gasteiger charge is -2.37. The maximum atomic E-state index is 6.14. The molecule has 0 atom stereocenters. The molecular weight excluding hydrogens is 353 g/mol. The summed E-state index contributed by atoms with van der Waals surface area (Å²) in [5.41, 5.74) is 3.37. The van der Waals surface area contributed by atoms with E-state index in [1.54, 1.807) is 0 Å². The highest BCUT2D eigenvalue weighted by atomic mass is 35.5. The van der Waals surface area contributed by atoms with Crippen molar-refractivity contribution in [3.8, 4) is 0 Å². The Labute approximate surface area is 157 Å². The van der Waals surface area contributed by atoms with Gasteiger partial charge in [0.2, 0.25) is 0 Å². The summed E-state index contributed by atoms with van der Waals surface area (Å²) in [4.78, 5) is 9.54. The number of aromatic nitrogens is 1. The Hall–Kier alpha value is -1.97. The van der Waals surface area contributed by atoms with Gasteiger partial charge in [0, 0.05) is 47.3 Å². The molecule has 1 fully saturated rings. The maximum Gasteiger partial charge on any atom is 0.129 e. The van der Waals surface area contributed by atoms with Gasteiger partial charge in [0.05, 0.1) is 5.52 Å². The van der Waals surface area contributed by atoms with Gasteiger partial charge < -0.3 is 9.80 Å². The fourth-order valence-corrected chi connectivity index (χ4v) is 3.74. The molecule has 1 aliphatic rings. The van der Waals surface area contributed by atoms with Crippen LogP contribution in [0.3, 0.4) is 0 Å². The Balaban J connectivity index is 1.55. The molecule has 128 valence electrons. The molecule has 3 nitrogen and oxygen atoms in total.